The van der Waals surface area contributed by atoms with Crippen LogP contribution in [0.1, 0.15) is 37.8 Å². The zero-order chi connectivity index (χ0) is 11.3. The summed E-state index contributed by atoms with van der Waals surface area (Å²) in [5.41, 5.74) is 0. The van der Waals surface area contributed by atoms with Crippen LogP contribution in [0.4, 0.5) is 0 Å². The first-order valence-corrected chi connectivity index (χ1v) is 5.25. The Morgan fingerprint density at radius 2 is 2.13 bits per heavy atom. The molecule has 1 heterocycles. The molecule has 0 bridgehead atoms. The molecule has 0 unspecified atom stereocenters. The molecule has 0 aromatic carbocycles. The average molecular weight is 211 g/mol. The minimum Gasteiger partial charge on any atom is -0.481 e. The molecule has 1 aromatic rings. The van der Waals surface area contributed by atoms with Crippen LogP contribution in [0.2, 0.25) is 0 Å². The van der Waals surface area contributed by atoms with E-state index in [0.717, 1.165) is 31.0 Å². The molecule has 5 nitrogen and oxygen atoms in total. The van der Waals surface area contributed by atoms with Crippen LogP contribution < -0.4 is 0 Å². The van der Waals surface area contributed by atoms with Gasteiger partial charge in [0.15, 0.2) is 0 Å². The summed E-state index contributed by atoms with van der Waals surface area (Å²) in [6.45, 7) is 4.85. The van der Waals surface area contributed by atoms with Crippen molar-refractivity contribution < 1.29 is 9.90 Å². The Morgan fingerprint density at radius 1 is 1.40 bits per heavy atom. The standard InChI is InChI=1S/C10H17N3O2/c1-3-13-8(2)11-12-9(13)6-4-5-7-10(14)15/h3-7H2,1-2H3,(H,14,15). The Bertz CT molecular complexity index is 333. The second-order valence-electron chi connectivity index (χ2n) is 3.51. The highest BCUT2D eigenvalue weighted by Crippen LogP contribution is 2.06. The molecule has 0 fully saturated rings. The number of aliphatic carboxylic acids is 1. The number of aryl methyl sites for hydroxylation is 2. The van der Waals surface area contributed by atoms with Crippen molar-refractivity contribution in [3.05, 3.63) is 11.6 Å². The minimum atomic E-state index is -0.733. The molecule has 0 saturated carbocycles. The normalized spacial score (nSPS) is 10.5. The second kappa shape index (κ2) is 5.48. The fourth-order valence-electron chi connectivity index (χ4n) is 1.58. The van der Waals surface area contributed by atoms with Gasteiger partial charge in [-0.3, -0.25) is 4.79 Å². The highest BCUT2D eigenvalue weighted by molar-refractivity contribution is 5.66. The lowest BCUT2D eigenvalue weighted by Crippen LogP contribution is -2.04. The van der Waals surface area contributed by atoms with Crippen LogP contribution in [-0.4, -0.2) is 25.8 Å². The van der Waals surface area contributed by atoms with Gasteiger partial charge < -0.3 is 9.67 Å². The molecule has 1 N–H and O–H groups in total. The number of carboxylic acid groups (broad SMARTS) is 1. The summed E-state index contributed by atoms with van der Waals surface area (Å²) < 4.78 is 2.06. The molecule has 5 heteroatoms. The number of nitrogens with zero attached hydrogens (tertiary/aromatic N) is 3. The van der Waals surface area contributed by atoms with Gasteiger partial charge in [0, 0.05) is 19.4 Å². The first-order valence-electron chi connectivity index (χ1n) is 5.25. The lowest BCUT2D eigenvalue weighted by molar-refractivity contribution is -0.137. The van der Waals surface area contributed by atoms with Crippen LogP contribution in [0.15, 0.2) is 0 Å². The van der Waals surface area contributed by atoms with Crippen LogP contribution >= 0.6 is 0 Å². The second-order valence-corrected chi connectivity index (χ2v) is 3.51. The first-order chi connectivity index (χ1) is 7.15. The molecule has 0 saturated heterocycles. The van der Waals surface area contributed by atoms with E-state index in [4.69, 9.17) is 5.11 Å². The SMILES string of the molecule is CCn1c(C)nnc1CCCCC(=O)O. The summed E-state index contributed by atoms with van der Waals surface area (Å²) in [4.78, 5) is 10.3. The van der Waals surface area contributed by atoms with E-state index in [1.54, 1.807) is 0 Å². The lowest BCUT2D eigenvalue weighted by Gasteiger charge is -2.04. The largest absolute Gasteiger partial charge is 0.481 e. The fraction of sp³-hybridized carbons (Fsp3) is 0.700. The molecule has 84 valence electrons. The highest BCUT2D eigenvalue weighted by Gasteiger charge is 2.06. The molecule has 0 atom stereocenters. The molecule has 0 spiro atoms. The van der Waals surface area contributed by atoms with Crippen molar-refractivity contribution in [2.75, 3.05) is 0 Å². The Kier molecular flexibility index (Phi) is 4.27. The van der Waals surface area contributed by atoms with Crippen molar-refractivity contribution >= 4 is 5.97 Å². The van der Waals surface area contributed by atoms with Gasteiger partial charge in [-0.1, -0.05) is 0 Å². The Balaban J connectivity index is 2.40. The quantitative estimate of drug-likeness (QED) is 0.722. The Labute approximate surface area is 89.1 Å². The minimum absolute atomic E-state index is 0.235. The first kappa shape index (κ1) is 11.7. The predicted octanol–water partition coefficient (Wildman–Crippen LogP) is 1.40. The summed E-state index contributed by atoms with van der Waals surface area (Å²) in [7, 11) is 0. The summed E-state index contributed by atoms with van der Waals surface area (Å²) in [5, 5.41) is 16.5. The van der Waals surface area contributed by atoms with E-state index < -0.39 is 5.97 Å². The Morgan fingerprint density at radius 3 is 2.73 bits per heavy atom. The van der Waals surface area contributed by atoms with Gasteiger partial charge in [0.1, 0.15) is 11.6 Å². The molecular formula is C10H17N3O2. The summed E-state index contributed by atoms with van der Waals surface area (Å²) in [6.07, 6.45) is 2.59. The van der Waals surface area contributed by atoms with E-state index in [2.05, 4.69) is 21.7 Å². The number of hydrogen-bond acceptors (Lipinski definition) is 3. The predicted molar refractivity (Wildman–Crippen MR) is 55.6 cm³/mol. The van der Waals surface area contributed by atoms with Crippen molar-refractivity contribution in [3.8, 4) is 0 Å². The number of unbranched alkanes of at least 4 members (excludes halogenated alkanes) is 1. The van der Waals surface area contributed by atoms with E-state index in [9.17, 15) is 4.79 Å². The molecule has 0 aliphatic heterocycles. The monoisotopic (exact) mass is 211 g/mol. The molecule has 1 rings (SSSR count). The third-order valence-electron chi connectivity index (χ3n) is 2.37. The molecule has 0 aliphatic rings. The Hall–Kier alpha value is -1.39. The lowest BCUT2D eigenvalue weighted by atomic mass is 10.2. The maximum Gasteiger partial charge on any atom is 0.303 e. The van der Waals surface area contributed by atoms with E-state index in [-0.39, 0.29) is 6.42 Å². The van der Waals surface area contributed by atoms with Crippen LogP contribution in [0.3, 0.4) is 0 Å². The summed E-state index contributed by atoms with van der Waals surface area (Å²) >= 11 is 0. The van der Waals surface area contributed by atoms with E-state index >= 15 is 0 Å². The van der Waals surface area contributed by atoms with Crippen molar-refractivity contribution in [2.24, 2.45) is 0 Å². The van der Waals surface area contributed by atoms with E-state index in [1.807, 2.05) is 6.92 Å². The van der Waals surface area contributed by atoms with Gasteiger partial charge in [-0.2, -0.15) is 0 Å². The van der Waals surface area contributed by atoms with Crippen LogP contribution in [-0.2, 0) is 17.8 Å². The summed E-state index contributed by atoms with van der Waals surface area (Å²) in [6, 6.07) is 0. The van der Waals surface area contributed by atoms with Gasteiger partial charge in [0.25, 0.3) is 0 Å². The smallest absolute Gasteiger partial charge is 0.303 e. The third-order valence-corrected chi connectivity index (χ3v) is 2.37. The zero-order valence-electron chi connectivity index (χ0n) is 9.23. The van der Waals surface area contributed by atoms with Gasteiger partial charge in [-0.05, 0) is 26.7 Å². The maximum atomic E-state index is 10.3. The van der Waals surface area contributed by atoms with Crippen LogP contribution in [0.25, 0.3) is 0 Å². The van der Waals surface area contributed by atoms with Crippen molar-refractivity contribution in [2.45, 2.75) is 46.1 Å². The van der Waals surface area contributed by atoms with E-state index in [0.29, 0.717) is 6.42 Å². The van der Waals surface area contributed by atoms with Crippen molar-refractivity contribution in [1.29, 1.82) is 0 Å². The van der Waals surface area contributed by atoms with Crippen molar-refractivity contribution in [1.82, 2.24) is 14.8 Å². The molecule has 0 aliphatic carbocycles. The van der Waals surface area contributed by atoms with E-state index in [1.165, 1.54) is 0 Å². The fourth-order valence-corrected chi connectivity index (χ4v) is 1.58. The number of aromatic nitrogens is 3. The molecule has 15 heavy (non-hydrogen) atoms. The number of rotatable bonds is 6. The molecule has 0 radical (unpaired) electrons. The van der Waals surface area contributed by atoms with Gasteiger partial charge in [-0.15, -0.1) is 10.2 Å². The van der Waals surface area contributed by atoms with Gasteiger partial charge >= 0.3 is 5.97 Å². The maximum absolute atomic E-state index is 10.3. The van der Waals surface area contributed by atoms with Crippen LogP contribution in [0, 0.1) is 6.92 Å². The third kappa shape index (κ3) is 3.34. The van der Waals surface area contributed by atoms with Gasteiger partial charge in [-0.25, -0.2) is 0 Å². The number of carbonyl (C=O) groups is 1. The molecule has 1 aromatic heterocycles. The summed E-state index contributed by atoms with van der Waals surface area (Å²) in [5.74, 6) is 1.15. The van der Waals surface area contributed by atoms with Gasteiger partial charge in [0.2, 0.25) is 0 Å². The number of carboxylic acids is 1. The zero-order valence-corrected chi connectivity index (χ0v) is 9.23. The average Bonchev–Trinajstić information content (AvgIpc) is 2.53. The molecule has 0 amide bonds. The van der Waals surface area contributed by atoms with Crippen molar-refractivity contribution in [3.63, 3.8) is 0 Å². The van der Waals surface area contributed by atoms with Gasteiger partial charge in [0.05, 0.1) is 0 Å². The highest BCUT2D eigenvalue weighted by atomic mass is 16.4. The van der Waals surface area contributed by atoms with Crippen LogP contribution in [0.5, 0.6) is 0 Å². The molecular weight excluding hydrogens is 194 g/mol. The topological polar surface area (TPSA) is 68.0 Å². The number of hydrogen-bond donors (Lipinski definition) is 1.